The van der Waals surface area contributed by atoms with Crippen molar-refractivity contribution in [1.82, 2.24) is 5.32 Å². The molecule has 1 saturated heterocycles. The van der Waals surface area contributed by atoms with Gasteiger partial charge < -0.3 is 15.5 Å². The molecule has 1 aliphatic rings. The molecule has 2 N–H and O–H groups in total. The van der Waals surface area contributed by atoms with Gasteiger partial charge >= 0.3 is 0 Å². The van der Waals surface area contributed by atoms with Crippen LogP contribution in [-0.4, -0.2) is 31.3 Å². The maximum Gasteiger partial charge on any atom is 0.251 e. The van der Waals surface area contributed by atoms with Crippen LogP contribution in [0.3, 0.4) is 0 Å². The van der Waals surface area contributed by atoms with Crippen LogP contribution in [0.5, 0.6) is 0 Å². The van der Waals surface area contributed by atoms with Crippen molar-refractivity contribution < 1.29 is 14.4 Å². The normalized spacial score (nSPS) is 16.5. The average molecular weight is 416 g/mol. The number of nitrogens with one attached hydrogen (secondary N) is 2. The number of hydrogen-bond donors (Lipinski definition) is 2. The molecule has 1 atom stereocenters. The molecule has 0 saturated carbocycles. The predicted molar refractivity (Wildman–Crippen MR) is 103 cm³/mol. The zero-order valence-electron chi connectivity index (χ0n) is 14.2. The van der Waals surface area contributed by atoms with Crippen LogP contribution < -0.4 is 15.5 Å². The molecule has 134 valence electrons. The van der Waals surface area contributed by atoms with Gasteiger partial charge in [-0.05, 0) is 46.3 Å². The molecule has 1 aliphatic heterocycles. The molecule has 3 rings (SSSR count). The number of benzene rings is 2. The molecule has 0 spiro atoms. The zero-order valence-corrected chi connectivity index (χ0v) is 15.7. The fraction of sp³-hybridized carbons (Fsp3) is 0.211. The summed E-state index contributed by atoms with van der Waals surface area (Å²) in [7, 11) is 1.55. The van der Waals surface area contributed by atoms with Crippen molar-refractivity contribution >= 4 is 45.0 Å². The standard InChI is InChI=1S/C19H18BrN3O3/c1-21-18(25)12-5-4-6-14(9-12)22-19(26)13-10-17(24)23(11-13)16-8-3-2-7-15(16)20/h2-9,13H,10-11H2,1H3,(H,21,25)(H,22,26). The van der Waals surface area contributed by atoms with Crippen LogP contribution in [0.4, 0.5) is 11.4 Å². The van der Waals surface area contributed by atoms with Gasteiger partial charge in [0.05, 0.1) is 11.6 Å². The Balaban J connectivity index is 1.71. The molecular weight excluding hydrogens is 398 g/mol. The van der Waals surface area contributed by atoms with Crippen molar-refractivity contribution in [2.45, 2.75) is 6.42 Å². The van der Waals surface area contributed by atoms with Gasteiger partial charge in [0.2, 0.25) is 11.8 Å². The Bertz CT molecular complexity index is 869. The fourth-order valence-corrected chi connectivity index (χ4v) is 3.41. The molecule has 3 amide bonds. The van der Waals surface area contributed by atoms with Gasteiger partial charge in [-0.1, -0.05) is 18.2 Å². The van der Waals surface area contributed by atoms with E-state index in [-0.39, 0.29) is 24.1 Å². The highest BCUT2D eigenvalue weighted by atomic mass is 79.9. The first-order valence-corrected chi connectivity index (χ1v) is 8.97. The van der Waals surface area contributed by atoms with E-state index >= 15 is 0 Å². The lowest BCUT2D eigenvalue weighted by molar-refractivity contribution is -0.122. The SMILES string of the molecule is CNC(=O)c1cccc(NC(=O)C2CC(=O)N(c3ccccc3Br)C2)c1. The molecule has 0 bridgehead atoms. The van der Waals surface area contributed by atoms with E-state index in [0.717, 1.165) is 10.2 Å². The first-order valence-electron chi connectivity index (χ1n) is 8.17. The number of carbonyl (C=O) groups excluding carboxylic acids is 3. The van der Waals surface area contributed by atoms with E-state index in [1.165, 1.54) is 0 Å². The second-order valence-corrected chi connectivity index (χ2v) is 6.86. The minimum absolute atomic E-state index is 0.0869. The van der Waals surface area contributed by atoms with E-state index in [9.17, 15) is 14.4 Å². The minimum atomic E-state index is -0.446. The summed E-state index contributed by atoms with van der Waals surface area (Å²) < 4.78 is 0.813. The Hall–Kier alpha value is -2.67. The van der Waals surface area contributed by atoms with E-state index in [0.29, 0.717) is 17.8 Å². The van der Waals surface area contributed by atoms with Gasteiger partial charge in [0.25, 0.3) is 5.91 Å². The number of nitrogens with zero attached hydrogens (tertiary/aromatic N) is 1. The van der Waals surface area contributed by atoms with Crippen molar-refractivity contribution in [3.05, 3.63) is 58.6 Å². The van der Waals surface area contributed by atoms with Crippen LogP contribution in [0.25, 0.3) is 0 Å². The number of rotatable bonds is 4. The molecule has 0 aliphatic carbocycles. The number of carbonyl (C=O) groups is 3. The predicted octanol–water partition coefficient (Wildman–Crippen LogP) is 2.80. The third-order valence-electron chi connectivity index (χ3n) is 4.26. The Kier molecular flexibility index (Phi) is 5.37. The molecule has 1 heterocycles. The van der Waals surface area contributed by atoms with Gasteiger partial charge in [0, 0.05) is 35.7 Å². The van der Waals surface area contributed by atoms with Gasteiger partial charge in [-0.15, -0.1) is 0 Å². The summed E-state index contributed by atoms with van der Waals surface area (Å²) in [6.45, 7) is 0.322. The van der Waals surface area contributed by atoms with Crippen molar-refractivity contribution in [3.8, 4) is 0 Å². The first kappa shape index (κ1) is 18.1. The maximum atomic E-state index is 12.6. The minimum Gasteiger partial charge on any atom is -0.355 e. The fourth-order valence-electron chi connectivity index (χ4n) is 2.91. The summed E-state index contributed by atoms with van der Waals surface area (Å²) in [5.41, 5.74) is 1.75. The van der Waals surface area contributed by atoms with Crippen LogP contribution >= 0.6 is 15.9 Å². The quantitative estimate of drug-likeness (QED) is 0.805. The third kappa shape index (κ3) is 3.77. The zero-order chi connectivity index (χ0) is 18.7. The lowest BCUT2D eigenvalue weighted by Gasteiger charge is -2.18. The Labute approximate surface area is 159 Å². The summed E-state index contributed by atoms with van der Waals surface area (Å²) in [5.74, 6) is -0.992. The van der Waals surface area contributed by atoms with Gasteiger partial charge in [0.15, 0.2) is 0 Å². The number of hydrogen-bond acceptors (Lipinski definition) is 3. The highest BCUT2D eigenvalue weighted by molar-refractivity contribution is 9.10. The average Bonchev–Trinajstić information content (AvgIpc) is 3.03. The first-order chi connectivity index (χ1) is 12.5. The van der Waals surface area contributed by atoms with Crippen LogP contribution in [0, 0.1) is 5.92 Å². The molecule has 7 heteroatoms. The lowest BCUT2D eigenvalue weighted by Crippen LogP contribution is -2.28. The molecule has 1 unspecified atom stereocenters. The molecular formula is C19H18BrN3O3. The van der Waals surface area contributed by atoms with E-state index in [4.69, 9.17) is 0 Å². The number of para-hydroxylation sites is 1. The van der Waals surface area contributed by atoms with Crippen LogP contribution in [0.2, 0.25) is 0 Å². The number of halogens is 1. The summed E-state index contributed by atoms with van der Waals surface area (Å²) in [4.78, 5) is 38.2. The molecule has 0 aromatic heterocycles. The van der Waals surface area contributed by atoms with Crippen LogP contribution in [0.1, 0.15) is 16.8 Å². The maximum absolute atomic E-state index is 12.6. The summed E-state index contributed by atoms with van der Waals surface area (Å²) in [5, 5.41) is 5.35. The number of amides is 3. The highest BCUT2D eigenvalue weighted by Gasteiger charge is 2.35. The topological polar surface area (TPSA) is 78.5 Å². The lowest BCUT2D eigenvalue weighted by atomic mass is 10.1. The van der Waals surface area contributed by atoms with Crippen LogP contribution in [-0.2, 0) is 9.59 Å². The third-order valence-corrected chi connectivity index (χ3v) is 4.93. The van der Waals surface area contributed by atoms with E-state index < -0.39 is 5.92 Å². The van der Waals surface area contributed by atoms with E-state index in [2.05, 4.69) is 26.6 Å². The Morgan fingerprint density at radius 2 is 1.92 bits per heavy atom. The van der Waals surface area contributed by atoms with Crippen LogP contribution in [0.15, 0.2) is 53.0 Å². The molecule has 0 radical (unpaired) electrons. The monoisotopic (exact) mass is 415 g/mol. The van der Waals surface area contributed by atoms with Crippen molar-refractivity contribution in [2.75, 3.05) is 23.8 Å². The number of anilines is 2. The second kappa shape index (κ2) is 7.70. The van der Waals surface area contributed by atoms with E-state index in [1.54, 1.807) is 36.2 Å². The van der Waals surface area contributed by atoms with Gasteiger partial charge in [-0.2, -0.15) is 0 Å². The molecule has 2 aromatic carbocycles. The van der Waals surface area contributed by atoms with Crippen molar-refractivity contribution in [2.24, 2.45) is 5.92 Å². The van der Waals surface area contributed by atoms with Crippen molar-refractivity contribution in [1.29, 1.82) is 0 Å². The Morgan fingerprint density at radius 1 is 1.15 bits per heavy atom. The largest absolute Gasteiger partial charge is 0.355 e. The van der Waals surface area contributed by atoms with Gasteiger partial charge in [-0.3, -0.25) is 14.4 Å². The molecule has 2 aromatic rings. The Morgan fingerprint density at radius 3 is 2.65 bits per heavy atom. The summed E-state index contributed by atoms with van der Waals surface area (Å²) >= 11 is 3.44. The summed E-state index contributed by atoms with van der Waals surface area (Å²) in [6.07, 6.45) is 0.155. The molecule has 26 heavy (non-hydrogen) atoms. The summed E-state index contributed by atoms with van der Waals surface area (Å²) in [6, 6.07) is 14.1. The molecule has 6 nitrogen and oxygen atoms in total. The van der Waals surface area contributed by atoms with Crippen molar-refractivity contribution in [3.63, 3.8) is 0 Å². The second-order valence-electron chi connectivity index (χ2n) is 6.01. The van der Waals surface area contributed by atoms with Gasteiger partial charge in [-0.25, -0.2) is 0 Å². The van der Waals surface area contributed by atoms with Gasteiger partial charge in [0.1, 0.15) is 0 Å². The molecule has 1 fully saturated rings. The highest BCUT2D eigenvalue weighted by Crippen LogP contribution is 2.31. The van der Waals surface area contributed by atoms with E-state index in [1.807, 2.05) is 24.3 Å². The smallest absolute Gasteiger partial charge is 0.251 e.